The molecular formula is C18H23N3O2S. The number of aromatic nitrogens is 1. The van der Waals surface area contributed by atoms with Gasteiger partial charge in [0.25, 0.3) is 0 Å². The summed E-state index contributed by atoms with van der Waals surface area (Å²) in [5, 5.41) is 13.3. The van der Waals surface area contributed by atoms with Gasteiger partial charge >= 0.3 is 0 Å². The average Bonchev–Trinajstić information content (AvgIpc) is 3.14. The Labute approximate surface area is 146 Å². The number of hydrogen-bond acceptors (Lipinski definition) is 5. The molecule has 1 saturated heterocycles. The Kier molecular flexibility index (Phi) is 5.96. The Bertz CT molecular complexity index is 625. The minimum absolute atomic E-state index is 0.202. The van der Waals surface area contributed by atoms with Crippen molar-refractivity contribution in [1.82, 2.24) is 14.8 Å². The van der Waals surface area contributed by atoms with Gasteiger partial charge in [0.2, 0.25) is 5.91 Å². The van der Waals surface area contributed by atoms with E-state index < -0.39 is 6.10 Å². The van der Waals surface area contributed by atoms with Crippen molar-refractivity contribution in [3.8, 4) is 0 Å². The Balaban J connectivity index is 1.41. The third kappa shape index (κ3) is 4.63. The van der Waals surface area contributed by atoms with Gasteiger partial charge in [-0.1, -0.05) is 30.3 Å². The highest BCUT2D eigenvalue weighted by Gasteiger charge is 2.22. The van der Waals surface area contributed by atoms with Gasteiger partial charge in [-0.25, -0.2) is 4.98 Å². The van der Waals surface area contributed by atoms with E-state index in [2.05, 4.69) is 9.88 Å². The molecule has 0 spiro atoms. The molecule has 1 aliphatic rings. The van der Waals surface area contributed by atoms with Gasteiger partial charge in [0.15, 0.2) is 0 Å². The van der Waals surface area contributed by atoms with Crippen LogP contribution in [0.3, 0.4) is 0 Å². The van der Waals surface area contributed by atoms with Gasteiger partial charge in [-0.2, -0.15) is 0 Å². The molecule has 1 aliphatic heterocycles. The minimum atomic E-state index is -0.474. The molecule has 128 valence electrons. The largest absolute Gasteiger partial charge is 0.387 e. The van der Waals surface area contributed by atoms with Gasteiger partial charge in [0.05, 0.1) is 11.1 Å². The second-order valence-electron chi connectivity index (χ2n) is 6.03. The van der Waals surface area contributed by atoms with E-state index in [4.69, 9.17) is 0 Å². The highest BCUT2D eigenvalue weighted by Crippen LogP contribution is 2.15. The van der Waals surface area contributed by atoms with Crippen molar-refractivity contribution in [2.45, 2.75) is 18.9 Å². The fraction of sp³-hybridized carbons (Fsp3) is 0.444. The van der Waals surface area contributed by atoms with E-state index in [1.54, 1.807) is 17.5 Å². The normalized spacial score (nSPS) is 17.0. The lowest BCUT2D eigenvalue weighted by Gasteiger charge is -2.35. The number of aliphatic hydroxyl groups excluding tert-OH is 1. The predicted molar refractivity (Wildman–Crippen MR) is 94.9 cm³/mol. The topological polar surface area (TPSA) is 56.7 Å². The summed E-state index contributed by atoms with van der Waals surface area (Å²) >= 11 is 1.60. The molecule has 0 aliphatic carbocycles. The Morgan fingerprint density at radius 2 is 1.96 bits per heavy atom. The molecule has 0 radical (unpaired) electrons. The monoisotopic (exact) mass is 345 g/mol. The molecule has 1 aromatic heterocycles. The van der Waals surface area contributed by atoms with E-state index in [0.717, 1.165) is 43.2 Å². The van der Waals surface area contributed by atoms with Crippen molar-refractivity contribution in [3.05, 3.63) is 52.5 Å². The molecule has 5 nitrogen and oxygen atoms in total. The average molecular weight is 345 g/mol. The lowest BCUT2D eigenvalue weighted by molar-refractivity contribution is -0.133. The van der Waals surface area contributed by atoms with Crippen molar-refractivity contribution in [2.24, 2.45) is 0 Å². The van der Waals surface area contributed by atoms with Crippen LogP contribution in [0.4, 0.5) is 0 Å². The molecule has 0 unspecified atom stereocenters. The number of thiazole rings is 1. The second-order valence-corrected chi connectivity index (χ2v) is 7.01. The van der Waals surface area contributed by atoms with Crippen LogP contribution in [0.5, 0.6) is 0 Å². The number of nitrogens with zero attached hydrogens (tertiary/aromatic N) is 3. The summed E-state index contributed by atoms with van der Waals surface area (Å²) in [6, 6.07) is 9.73. The molecule has 0 saturated carbocycles. The molecule has 2 heterocycles. The summed E-state index contributed by atoms with van der Waals surface area (Å²) in [4.78, 5) is 20.7. The van der Waals surface area contributed by atoms with Gasteiger partial charge in [-0.3, -0.25) is 9.69 Å². The number of amides is 1. The van der Waals surface area contributed by atoms with Gasteiger partial charge in [0.1, 0.15) is 0 Å². The summed E-state index contributed by atoms with van der Waals surface area (Å²) in [6.45, 7) is 3.71. The van der Waals surface area contributed by atoms with Gasteiger partial charge in [-0.15, -0.1) is 11.3 Å². The summed E-state index contributed by atoms with van der Waals surface area (Å²) < 4.78 is 0. The van der Waals surface area contributed by atoms with E-state index in [1.165, 1.54) is 0 Å². The van der Waals surface area contributed by atoms with Crippen LogP contribution in [0.25, 0.3) is 0 Å². The third-order valence-electron chi connectivity index (χ3n) is 4.38. The number of carbonyl (C=O) groups excluding carboxylic acids is 1. The molecule has 0 bridgehead atoms. The first kappa shape index (κ1) is 17.1. The van der Waals surface area contributed by atoms with Crippen LogP contribution in [0, 0.1) is 0 Å². The molecule has 24 heavy (non-hydrogen) atoms. The first-order valence-corrected chi connectivity index (χ1v) is 9.22. The van der Waals surface area contributed by atoms with E-state index in [1.807, 2.05) is 40.6 Å². The lowest BCUT2D eigenvalue weighted by atomic mass is 10.1. The summed E-state index contributed by atoms with van der Waals surface area (Å²) in [6.07, 6.45) is 2.56. The maximum atomic E-state index is 12.3. The number of rotatable bonds is 6. The number of hydrogen-bond donors (Lipinski definition) is 1. The number of benzene rings is 1. The van der Waals surface area contributed by atoms with Gasteiger partial charge in [-0.05, 0) is 5.56 Å². The standard InChI is InChI=1S/C18H23N3O2S/c22-16(15-4-2-1-3-5-15)14-20-9-11-21(12-10-20)18(23)7-6-17-19-8-13-24-17/h1-5,8,13,16,22H,6-7,9-12,14H2/t16-/m1/s1. The lowest BCUT2D eigenvalue weighted by Crippen LogP contribution is -2.49. The second kappa shape index (κ2) is 8.37. The minimum Gasteiger partial charge on any atom is -0.387 e. The molecule has 1 atom stereocenters. The van der Waals surface area contributed by atoms with E-state index in [9.17, 15) is 9.90 Å². The molecule has 1 fully saturated rings. The molecule has 3 rings (SSSR count). The van der Waals surface area contributed by atoms with E-state index in [-0.39, 0.29) is 5.91 Å². The Morgan fingerprint density at radius 3 is 2.62 bits per heavy atom. The van der Waals surface area contributed by atoms with Gasteiger partial charge < -0.3 is 10.0 Å². The smallest absolute Gasteiger partial charge is 0.223 e. The van der Waals surface area contributed by atoms with Gasteiger partial charge in [0, 0.05) is 57.1 Å². The number of piperazine rings is 1. The summed E-state index contributed by atoms with van der Waals surface area (Å²) in [7, 11) is 0. The third-order valence-corrected chi connectivity index (χ3v) is 5.22. The zero-order valence-corrected chi connectivity index (χ0v) is 14.5. The molecule has 6 heteroatoms. The maximum Gasteiger partial charge on any atom is 0.223 e. The van der Waals surface area contributed by atoms with Crippen molar-refractivity contribution < 1.29 is 9.90 Å². The van der Waals surface area contributed by atoms with Crippen LogP contribution < -0.4 is 0 Å². The van der Waals surface area contributed by atoms with Crippen LogP contribution in [0.15, 0.2) is 41.9 Å². The Morgan fingerprint density at radius 1 is 1.21 bits per heavy atom. The van der Waals surface area contributed by atoms with Crippen LogP contribution in [-0.2, 0) is 11.2 Å². The van der Waals surface area contributed by atoms with Crippen molar-refractivity contribution in [3.63, 3.8) is 0 Å². The number of aryl methyl sites for hydroxylation is 1. The molecule has 1 amide bonds. The quantitative estimate of drug-likeness (QED) is 0.869. The first-order valence-electron chi connectivity index (χ1n) is 8.34. The zero-order valence-electron chi connectivity index (χ0n) is 13.7. The van der Waals surface area contributed by atoms with Crippen molar-refractivity contribution >= 4 is 17.2 Å². The number of carbonyl (C=O) groups is 1. The maximum absolute atomic E-state index is 12.3. The van der Waals surface area contributed by atoms with Crippen LogP contribution in [-0.4, -0.2) is 58.5 Å². The van der Waals surface area contributed by atoms with Crippen molar-refractivity contribution in [2.75, 3.05) is 32.7 Å². The SMILES string of the molecule is O=C(CCc1nccs1)N1CCN(C[C@@H](O)c2ccccc2)CC1. The fourth-order valence-corrected chi connectivity index (χ4v) is 3.57. The highest BCUT2D eigenvalue weighted by atomic mass is 32.1. The summed E-state index contributed by atoms with van der Waals surface area (Å²) in [5.74, 6) is 0.202. The van der Waals surface area contributed by atoms with Crippen LogP contribution in [0.1, 0.15) is 23.1 Å². The van der Waals surface area contributed by atoms with Crippen LogP contribution >= 0.6 is 11.3 Å². The molecule has 2 aromatic rings. The fourth-order valence-electron chi connectivity index (χ4n) is 2.95. The highest BCUT2D eigenvalue weighted by molar-refractivity contribution is 7.09. The van der Waals surface area contributed by atoms with Crippen molar-refractivity contribution in [1.29, 1.82) is 0 Å². The van der Waals surface area contributed by atoms with E-state index >= 15 is 0 Å². The Hall–Kier alpha value is -1.76. The number of β-amino-alcohol motifs (C(OH)–C–C–N with tert-alkyl or cyclic N) is 1. The first-order chi connectivity index (χ1) is 11.7. The van der Waals surface area contributed by atoms with Crippen LogP contribution in [0.2, 0.25) is 0 Å². The number of aliphatic hydroxyl groups is 1. The molecular weight excluding hydrogens is 322 g/mol. The molecule has 1 aromatic carbocycles. The van der Waals surface area contributed by atoms with E-state index in [0.29, 0.717) is 13.0 Å². The predicted octanol–water partition coefficient (Wildman–Crippen LogP) is 1.95. The zero-order chi connectivity index (χ0) is 16.8. The summed E-state index contributed by atoms with van der Waals surface area (Å²) in [5.41, 5.74) is 0.944. The molecule has 1 N–H and O–H groups in total.